The molecule has 3 aliphatic carbocycles. The maximum Gasteiger partial charge on any atom is 0.255 e. The third-order valence-electron chi connectivity index (χ3n) is 7.56. The van der Waals surface area contributed by atoms with Crippen molar-refractivity contribution >= 4 is 28.9 Å². The summed E-state index contributed by atoms with van der Waals surface area (Å²) >= 11 is 0. The summed E-state index contributed by atoms with van der Waals surface area (Å²) < 4.78 is 0. The van der Waals surface area contributed by atoms with Gasteiger partial charge in [-0.3, -0.25) is 14.4 Å². The number of aromatic hydroxyl groups is 1. The number of hydrogen-bond donors (Lipinski definition) is 6. The van der Waals surface area contributed by atoms with Crippen molar-refractivity contribution in [3.05, 3.63) is 40.2 Å². The molecule has 2 fully saturated rings. The topological polar surface area (TPSA) is 187 Å². The molecule has 1 amide bonds. The van der Waals surface area contributed by atoms with Crippen LogP contribution in [0.15, 0.2) is 29.0 Å². The largest absolute Gasteiger partial charge is 0.508 e. The molecule has 8 N–H and O–H groups in total. The number of nitrogens with two attached hydrogens (primary N) is 2. The SMILES string of the molecule is NC(=O)C1=C(O)[C@@]2(O)C(=O)C3=C(O)c4c(O)ccc(N5CCCC5)c4C[C@H]3C[C@H]2[C@@H](N)C1=O. The van der Waals surface area contributed by atoms with E-state index >= 15 is 0 Å². The minimum atomic E-state index is -2.68. The zero-order chi connectivity index (χ0) is 23.8. The predicted octanol–water partition coefficient (Wildman–Crippen LogP) is -0.0387. The second kappa shape index (κ2) is 7.06. The Labute approximate surface area is 188 Å². The van der Waals surface area contributed by atoms with Gasteiger partial charge in [0.25, 0.3) is 5.91 Å². The van der Waals surface area contributed by atoms with Crippen molar-refractivity contribution < 1.29 is 34.8 Å². The number of fused-ring (bicyclic) bond motifs is 3. The van der Waals surface area contributed by atoms with Gasteiger partial charge in [-0.15, -0.1) is 0 Å². The summed E-state index contributed by atoms with van der Waals surface area (Å²) in [6.07, 6.45) is 2.30. The summed E-state index contributed by atoms with van der Waals surface area (Å²) in [5.74, 6) is -6.98. The van der Waals surface area contributed by atoms with Crippen LogP contribution in [0, 0.1) is 11.8 Å². The molecule has 1 aromatic rings. The van der Waals surface area contributed by atoms with Crippen LogP contribution in [-0.4, -0.2) is 62.6 Å². The molecular formula is C23H25N3O7. The number of carbonyl (C=O) groups excluding carboxylic acids is 3. The number of primary amides is 1. The highest BCUT2D eigenvalue weighted by Gasteiger charge is 2.63. The highest BCUT2D eigenvalue weighted by Crippen LogP contribution is 2.53. The van der Waals surface area contributed by atoms with Gasteiger partial charge in [-0.1, -0.05) is 0 Å². The molecule has 0 aromatic heterocycles. The van der Waals surface area contributed by atoms with Gasteiger partial charge in [0.15, 0.2) is 11.4 Å². The van der Waals surface area contributed by atoms with Crippen LogP contribution in [0.5, 0.6) is 5.75 Å². The van der Waals surface area contributed by atoms with Gasteiger partial charge < -0.3 is 36.8 Å². The molecule has 4 atom stereocenters. The first kappa shape index (κ1) is 21.5. The molecule has 1 heterocycles. The number of phenolic OH excluding ortho intramolecular Hbond substituents is 1. The Balaban J connectivity index is 1.70. The van der Waals surface area contributed by atoms with Gasteiger partial charge in [-0.2, -0.15) is 0 Å². The van der Waals surface area contributed by atoms with E-state index in [4.69, 9.17) is 11.5 Å². The van der Waals surface area contributed by atoms with E-state index in [9.17, 15) is 34.8 Å². The second-order valence-corrected chi connectivity index (χ2v) is 9.23. The zero-order valence-corrected chi connectivity index (χ0v) is 17.7. The minimum Gasteiger partial charge on any atom is -0.508 e. The van der Waals surface area contributed by atoms with E-state index in [1.807, 2.05) is 0 Å². The first-order chi connectivity index (χ1) is 15.6. The molecular weight excluding hydrogens is 430 g/mol. The Hall–Kier alpha value is -3.37. The standard InChI is InChI=1S/C23H25N3O7/c24-17-11-8-9-7-10-12(26-5-1-2-6-26)3-4-13(27)15(10)18(28)14(9)20(30)23(11,33)21(31)16(19(17)29)22(25)32/h3-4,9,11,17,27-28,31,33H,1-2,5-8,24H2,(H2,25,32)/t9-,11-,17+,23-/m0/s1. The van der Waals surface area contributed by atoms with Crippen molar-refractivity contribution in [2.45, 2.75) is 37.3 Å². The molecule has 1 saturated heterocycles. The minimum absolute atomic E-state index is 0.000815. The van der Waals surface area contributed by atoms with E-state index in [0.29, 0.717) is 5.56 Å². The number of phenols is 1. The highest BCUT2D eigenvalue weighted by atomic mass is 16.3. The number of ketones is 2. The van der Waals surface area contributed by atoms with Crippen molar-refractivity contribution in [1.82, 2.24) is 0 Å². The fourth-order valence-electron chi connectivity index (χ4n) is 5.96. The van der Waals surface area contributed by atoms with Crippen LogP contribution in [0.4, 0.5) is 5.69 Å². The molecule has 0 bridgehead atoms. The first-order valence-electron chi connectivity index (χ1n) is 10.9. The molecule has 5 rings (SSSR count). The lowest BCUT2D eigenvalue weighted by molar-refractivity contribution is -0.149. The van der Waals surface area contributed by atoms with Gasteiger partial charge in [-0.25, -0.2) is 0 Å². The third-order valence-corrected chi connectivity index (χ3v) is 7.56. The first-order valence-corrected chi connectivity index (χ1v) is 10.9. The smallest absolute Gasteiger partial charge is 0.255 e. The highest BCUT2D eigenvalue weighted by molar-refractivity contribution is 6.24. The number of benzene rings is 1. The van der Waals surface area contributed by atoms with Crippen LogP contribution >= 0.6 is 0 Å². The molecule has 1 saturated carbocycles. The van der Waals surface area contributed by atoms with Crippen LogP contribution in [0.1, 0.15) is 30.4 Å². The van der Waals surface area contributed by atoms with Crippen molar-refractivity contribution in [3.63, 3.8) is 0 Å². The number of rotatable bonds is 2. The Kier molecular flexibility index (Phi) is 4.60. The number of aliphatic hydroxyl groups is 3. The maximum atomic E-state index is 13.5. The number of anilines is 1. The summed E-state index contributed by atoms with van der Waals surface area (Å²) in [5, 5.41) is 43.6. The summed E-state index contributed by atoms with van der Waals surface area (Å²) in [6.45, 7) is 1.66. The monoisotopic (exact) mass is 455 g/mol. The molecule has 10 nitrogen and oxygen atoms in total. The molecule has 0 unspecified atom stereocenters. The van der Waals surface area contributed by atoms with Gasteiger partial charge in [0, 0.05) is 30.3 Å². The van der Waals surface area contributed by atoms with E-state index in [-0.39, 0.29) is 29.7 Å². The average Bonchev–Trinajstić information content (AvgIpc) is 3.29. The molecule has 4 aliphatic rings. The van der Waals surface area contributed by atoms with Gasteiger partial charge in [0.1, 0.15) is 22.8 Å². The fourth-order valence-corrected chi connectivity index (χ4v) is 5.96. The van der Waals surface area contributed by atoms with Crippen molar-refractivity contribution in [2.75, 3.05) is 18.0 Å². The molecule has 174 valence electrons. The van der Waals surface area contributed by atoms with E-state index in [1.54, 1.807) is 6.07 Å². The van der Waals surface area contributed by atoms with Crippen LogP contribution in [0.2, 0.25) is 0 Å². The number of Topliss-reactive ketones (excluding diaryl/α,β-unsaturated/α-hetero) is 2. The Morgan fingerprint density at radius 3 is 2.42 bits per heavy atom. The lowest BCUT2D eigenvalue weighted by atomic mass is 9.58. The summed E-state index contributed by atoms with van der Waals surface area (Å²) in [7, 11) is 0. The van der Waals surface area contributed by atoms with Crippen LogP contribution < -0.4 is 16.4 Å². The van der Waals surface area contributed by atoms with E-state index in [0.717, 1.165) is 31.6 Å². The number of nitrogens with zero attached hydrogens (tertiary/aromatic N) is 1. The molecule has 1 aromatic carbocycles. The normalized spacial score (nSPS) is 31.5. The lowest BCUT2D eigenvalue weighted by Gasteiger charge is -2.48. The summed E-state index contributed by atoms with van der Waals surface area (Å²) in [4.78, 5) is 40.1. The van der Waals surface area contributed by atoms with Crippen molar-refractivity contribution in [3.8, 4) is 5.75 Å². The number of carbonyl (C=O) groups is 3. The number of amides is 1. The third kappa shape index (κ3) is 2.71. The summed E-state index contributed by atoms with van der Waals surface area (Å²) in [6, 6.07) is 1.79. The molecule has 10 heteroatoms. The number of aliphatic hydroxyl groups excluding tert-OH is 2. The van der Waals surface area contributed by atoms with E-state index in [2.05, 4.69) is 4.90 Å². The lowest BCUT2D eigenvalue weighted by Crippen LogP contribution is -2.65. The van der Waals surface area contributed by atoms with E-state index in [1.165, 1.54) is 6.07 Å². The maximum absolute atomic E-state index is 13.5. The quantitative estimate of drug-likeness (QED) is 0.333. The summed E-state index contributed by atoms with van der Waals surface area (Å²) in [5.41, 5.74) is 9.10. The van der Waals surface area contributed by atoms with Crippen molar-refractivity contribution in [1.29, 1.82) is 0 Å². The van der Waals surface area contributed by atoms with Crippen LogP contribution in [0.3, 0.4) is 0 Å². The fraction of sp³-hybridized carbons (Fsp3) is 0.435. The Morgan fingerprint density at radius 1 is 1.12 bits per heavy atom. The van der Waals surface area contributed by atoms with Gasteiger partial charge in [0.2, 0.25) is 5.78 Å². The van der Waals surface area contributed by atoms with Crippen LogP contribution in [-0.2, 0) is 20.8 Å². The molecule has 1 aliphatic heterocycles. The van der Waals surface area contributed by atoms with Gasteiger partial charge in [-0.05, 0) is 49.3 Å². The molecule has 0 radical (unpaired) electrons. The van der Waals surface area contributed by atoms with E-state index < -0.39 is 58.0 Å². The second-order valence-electron chi connectivity index (χ2n) is 9.23. The average molecular weight is 455 g/mol. The molecule has 33 heavy (non-hydrogen) atoms. The molecule has 0 spiro atoms. The van der Waals surface area contributed by atoms with Crippen LogP contribution in [0.25, 0.3) is 5.76 Å². The zero-order valence-electron chi connectivity index (χ0n) is 17.7. The Bertz CT molecular complexity index is 1180. The van der Waals surface area contributed by atoms with Gasteiger partial charge >= 0.3 is 0 Å². The Morgan fingerprint density at radius 2 is 1.79 bits per heavy atom. The predicted molar refractivity (Wildman–Crippen MR) is 116 cm³/mol. The number of hydrogen-bond acceptors (Lipinski definition) is 9. The van der Waals surface area contributed by atoms with Crippen molar-refractivity contribution in [2.24, 2.45) is 23.3 Å². The van der Waals surface area contributed by atoms with Gasteiger partial charge in [0.05, 0.1) is 11.6 Å².